The maximum absolute atomic E-state index is 5.72. The lowest BCUT2D eigenvalue weighted by atomic mass is 10.2. The largest absolute Gasteiger partial charge is 0.503 e. The second-order valence-corrected chi connectivity index (χ2v) is 8.19. The molecule has 0 heterocycles. The zero-order valence-corrected chi connectivity index (χ0v) is 15.5. The molecule has 1 rings (SSSR count). The van der Waals surface area contributed by atoms with Crippen LogP contribution in [0.2, 0.25) is 5.54 Å². The highest BCUT2D eigenvalue weighted by atomic mass is 35.5. The van der Waals surface area contributed by atoms with Gasteiger partial charge in [-0.05, 0) is 31.5 Å². The predicted octanol–water partition coefficient (Wildman–Crippen LogP) is 2.19. The number of hydrogen-bond acceptors (Lipinski definition) is 5. The van der Waals surface area contributed by atoms with E-state index >= 15 is 0 Å². The van der Waals surface area contributed by atoms with E-state index in [2.05, 4.69) is 17.4 Å². The molecule has 7 heteroatoms. The fourth-order valence-electron chi connectivity index (χ4n) is 2.55. The van der Waals surface area contributed by atoms with E-state index in [0.29, 0.717) is 6.54 Å². The summed E-state index contributed by atoms with van der Waals surface area (Å²) in [5.74, 6) is 0. The van der Waals surface area contributed by atoms with Crippen molar-refractivity contribution in [1.29, 1.82) is 0 Å². The predicted molar refractivity (Wildman–Crippen MR) is 94.2 cm³/mol. The van der Waals surface area contributed by atoms with Crippen molar-refractivity contribution in [2.24, 2.45) is 5.73 Å². The van der Waals surface area contributed by atoms with Crippen molar-refractivity contribution >= 4 is 21.2 Å². The normalized spacial score (nSPS) is 12.7. The molecule has 0 spiro atoms. The molecule has 0 bridgehead atoms. The third kappa shape index (κ3) is 6.34. The maximum Gasteiger partial charge on any atom is 0.503 e. The quantitative estimate of drug-likeness (QED) is 0.474. The molecule has 0 aliphatic heterocycles. The second kappa shape index (κ2) is 12.0. The van der Waals surface area contributed by atoms with Crippen LogP contribution in [0.5, 0.6) is 0 Å². The first-order valence-corrected chi connectivity index (χ1v) is 9.12. The summed E-state index contributed by atoms with van der Waals surface area (Å²) in [6.07, 6.45) is 1.76. The minimum absolute atomic E-state index is 0. The molecule has 0 saturated carbocycles. The van der Waals surface area contributed by atoms with E-state index in [0.717, 1.165) is 25.9 Å². The van der Waals surface area contributed by atoms with Gasteiger partial charge in [0.2, 0.25) is 0 Å². The molecule has 0 fully saturated rings. The van der Waals surface area contributed by atoms with Crippen LogP contribution in [-0.2, 0) is 19.8 Å². The van der Waals surface area contributed by atoms with E-state index in [-0.39, 0.29) is 17.9 Å². The van der Waals surface area contributed by atoms with Gasteiger partial charge in [0.25, 0.3) is 0 Å². The van der Waals surface area contributed by atoms with Crippen molar-refractivity contribution in [1.82, 2.24) is 5.32 Å². The van der Waals surface area contributed by atoms with Crippen LogP contribution in [0.4, 0.5) is 0 Å². The van der Waals surface area contributed by atoms with Crippen molar-refractivity contribution in [2.45, 2.75) is 24.9 Å². The maximum atomic E-state index is 5.72. The number of halogens is 1. The molecule has 1 unspecified atom stereocenters. The molecular formula is C15H29ClN2O3Si. The first kappa shape index (κ1) is 21.5. The molecule has 5 nitrogen and oxygen atoms in total. The lowest BCUT2D eigenvalue weighted by Gasteiger charge is -2.32. The summed E-state index contributed by atoms with van der Waals surface area (Å²) in [6.45, 7) is 2.34. The Kier molecular flexibility index (Phi) is 11.8. The number of hydrogen-bond donors (Lipinski definition) is 2. The monoisotopic (exact) mass is 348 g/mol. The van der Waals surface area contributed by atoms with E-state index in [1.54, 1.807) is 21.3 Å². The van der Waals surface area contributed by atoms with Gasteiger partial charge < -0.3 is 24.3 Å². The van der Waals surface area contributed by atoms with Gasteiger partial charge in [0.05, 0.1) is 0 Å². The average Bonchev–Trinajstić information content (AvgIpc) is 2.54. The van der Waals surface area contributed by atoms with E-state index in [9.17, 15) is 0 Å². The molecule has 0 aliphatic carbocycles. The number of benzene rings is 1. The summed E-state index contributed by atoms with van der Waals surface area (Å²) >= 11 is 0. The van der Waals surface area contributed by atoms with Crippen LogP contribution in [0.15, 0.2) is 30.3 Å². The van der Waals surface area contributed by atoms with Gasteiger partial charge in [0, 0.05) is 33.4 Å². The molecule has 1 aromatic rings. The summed E-state index contributed by atoms with van der Waals surface area (Å²) < 4.78 is 16.7. The van der Waals surface area contributed by atoms with E-state index < -0.39 is 8.80 Å². The van der Waals surface area contributed by atoms with Gasteiger partial charge in [-0.15, -0.1) is 12.4 Å². The van der Waals surface area contributed by atoms with Crippen molar-refractivity contribution in [3.63, 3.8) is 0 Å². The van der Waals surface area contributed by atoms with Crippen LogP contribution in [0.1, 0.15) is 18.4 Å². The Bertz CT molecular complexity index is 372. The third-order valence-corrected chi connectivity index (χ3v) is 6.99. The lowest BCUT2D eigenvalue weighted by Crippen LogP contribution is -2.49. The third-order valence-electron chi connectivity index (χ3n) is 3.71. The summed E-state index contributed by atoms with van der Waals surface area (Å²) in [5, 5.41) is 3.45. The fourth-order valence-corrected chi connectivity index (χ4v) is 5.07. The summed E-state index contributed by atoms with van der Waals surface area (Å²) in [7, 11) is 2.34. The zero-order valence-electron chi connectivity index (χ0n) is 13.7. The van der Waals surface area contributed by atoms with Gasteiger partial charge in [-0.1, -0.05) is 30.3 Å². The van der Waals surface area contributed by atoms with Crippen molar-refractivity contribution in [2.75, 3.05) is 34.4 Å². The number of nitrogens with two attached hydrogens (primary N) is 1. The molecule has 1 atom stereocenters. The summed E-state index contributed by atoms with van der Waals surface area (Å²) in [4.78, 5) is 0. The molecule has 0 aliphatic rings. The Balaban J connectivity index is 0.00000441. The Morgan fingerprint density at radius 1 is 1.05 bits per heavy atom. The van der Waals surface area contributed by atoms with Crippen LogP contribution in [0, 0.1) is 0 Å². The molecule has 1 aromatic carbocycles. The molecule has 0 amide bonds. The number of rotatable bonds is 11. The summed E-state index contributed by atoms with van der Waals surface area (Å²) in [6, 6.07) is 10.3. The minimum Gasteiger partial charge on any atom is -0.377 e. The van der Waals surface area contributed by atoms with Crippen molar-refractivity contribution < 1.29 is 13.3 Å². The highest BCUT2D eigenvalue weighted by molar-refractivity contribution is 6.62. The van der Waals surface area contributed by atoms with Crippen LogP contribution >= 0.6 is 12.4 Å². The van der Waals surface area contributed by atoms with Crippen molar-refractivity contribution in [3.05, 3.63) is 35.9 Å². The Morgan fingerprint density at radius 3 is 2.14 bits per heavy atom. The lowest BCUT2D eigenvalue weighted by molar-refractivity contribution is 0.108. The minimum atomic E-state index is -2.62. The van der Waals surface area contributed by atoms with Gasteiger partial charge in [0.15, 0.2) is 0 Å². The molecular weight excluding hydrogens is 320 g/mol. The first-order chi connectivity index (χ1) is 10.2. The highest BCUT2D eigenvalue weighted by Crippen LogP contribution is 2.30. The SMILES string of the molecule is CO[Si](OC)(OC)C(CCN)CCNCc1ccccc1.Cl. The average molecular weight is 349 g/mol. The van der Waals surface area contributed by atoms with Gasteiger partial charge in [-0.2, -0.15) is 0 Å². The Morgan fingerprint density at radius 2 is 1.64 bits per heavy atom. The van der Waals surface area contributed by atoms with E-state index in [4.69, 9.17) is 19.0 Å². The number of nitrogens with one attached hydrogen (secondary N) is 1. The molecule has 128 valence electrons. The van der Waals surface area contributed by atoms with E-state index in [1.807, 2.05) is 18.2 Å². The fraction of sp³-hybridized carbons (Fsp3) is 0.600. The molecule has 3 N–H and O–H groups in total. The van der Waals surface area contributed by atoms with Gasteiger partial charge in [-0.25, -0.2) is 0 Å². The van der Waals surface area contributed by atoms with Crippen LogP contribution < -0.4 is 11.1 Å². The van der Waals surface area contributed by atoms with Crippen LogP contribution in [-0.4, -0.2) is 43.2 Å². The Labute approximate surface area is 141 Å². The van der Waals surface area contributed by atoms with E-state index in [1.165, 1.54) is 5.56 Å². The van der Waals surface area contributed by atoms with Crippen LogP contribution in [0.25, 0.3) is 0 Å². The van der Waals surface area contributed by atoms with Crippen molar-refractivity contribution in [3.8, 4) is 0 Å². The van der Waals surface area contributed by atoms with Gasteiger partial charge >= 0.3 is 8.80 Å². The highest BCUT2D eigenvalue weighted by Gasteiger charge is 2.46. The first-order valence-electron chi connectivity index (χ1n) is 7.32. The smallest absolute Gasteiger partial charge is 0.377 e. The molecule has 0 radical (unpaired) electrons. The van der Waals surface area contributed by atoms with Gasteiger partial charge in [-0.3, -0.25) is 0 Å². The molecule has 0 aromatic heterocycles. The Hall–Kier alpha value is -0.473. The zero-order chi connectivity index (χ0) is 15.6. The summed E-state index contributed by atoms with van der Waals surface area (Å²) in [5.41, 5.74) is 7.21. The standard InChI is InChI=1S/C15H28N2O3Si.ClH/c1-18-21(19-2,20-3)15(9-11-16)10-12-17-13-14-7-5-4-6-8-14;/h4-8,15,17H,9-13,16H2,1-3H3;1H. The van der Waals surface area contributed by atoms with Gasteiger partial charge in [0.1, 0.15) is 0 Å². The topological polar surface area (TPSA) is 65.7 Å². The molecule has 0 saturated heterocycles. The second-order valence-electron chi connectivity index (χ2n) is 4.94. The van der Waals surface area contributed by atoms with Crippen LogP contribution in [0.3, 0.4) is 0 Å². The molecule has 22 heavy (non-hydrogen) atoms.